The molecule has 2 aliphatic rings. The smallest absolute Gasteiger partial charge is 0.255 e. The van der Waals surface area contributed by atoms with Gasteiger partial charge in [-0.3, -0.25) is 4.79 Å². The van der Waals surface area contributed by atoms with Gasteiger partial charge in [-0.15, -0.1) is 11.8 Å². The molecular formula is C20H21NOS. The maximum absolute atomic E-state index is 13.0. The molecule has 3 heteroatoms. The molecule has 0 radical (unpaired) electrons. The summed E-state index contributed by atoms with van der Waals surface area (Å²) in [5.74, 6) is 0.185. The van der Waals surface area contributed by atoms with Crippen LogP contribution in [0.4, 0.5) is 0 Å². The zero-order chi connectivity index (χ0) is 16.2. The predicted molar refractivity (Wildman–Crippen MR) is 95.8 cm³/mol. The lowest BCUT2D eigenvalue weighted by Crippen LogP contribution is -2.38. The van der Waals surface area contributed by atoms with E-state index in [4.69, 9.17) is 0 Å². The molecule has 0 bridgehead atoms. The molecule has 0 N–H and O–H groups in total. The number of rotatable bonds is 2. The number of hydrogen-bond donors (Lipinski definition) is 0. The van der Waals surface area contributed by atoms with Crippen LogP contribution in [0, 0.1) is 13.8 Å². The number of fused-ring (bicyclic) bond motifs is 3. The van der Waals surface area contributed by atoms with Gasteiger partial charge in [-0.25, -0.2) is 0 Å². The van der Waals surface area contributed by atoms with Crippen molar-refractivity contribution in [1.29, 1.82) is 0 Å². The molecule has 2 atom stereocenters. The van der Waals surface area contributed by atoms with Crippen LogP contribution in [0.2, 0.25) is 0 Å². The number of benzene rings is 2. The second-order valence-corrected chi connectivity index (χ2v) is 8.07. The number of amides is 1. The Hall–Kier alpha value is -1.74. The van der Waals surface area contributed by atoms with Crippen molar-refractivity contribution in [1.82, 2.24) is 4.90 Å². The van der Waals surface area contributed by atoms with Crippen LogP contribution >= 0.6 is 11.8 Å². The lowest BCUT2D eigenvalue weighted by molar-refractivity contribution is 0.0744. The van der Waals surface area contributed by atoms with Crippen LogP contribution in [0.15, 0.2) is 42.5 Å². The molecule has 118 valence electrons. The SMILES string of the molecule is CCC1CN2C(=O)c3ccccc3C2(c2cc(C)ccc2C)S1. The number of carbonyl (C=O) groups is 1. The number of carbonyl (C=O) groups excluding carboxylic acids is 1. The standard InChI is InChI=1S/C20H21NOS/c1-4-15-12-21-19(22)16-7-5-6-8-17(16)20(21,23-15)18-11-13(2)9-10-14(18)3/h5-11,15H,4,12H2,1-3H3. The van der Waals surface area contributed by atoms with Gasteiger partial charge in [0.05, 0.1) is 0 Å². The first-order chi connectivity index (χ1) is 11.1. The Morgan fingerprint density at radius 2 is 1.96 bits per heavy atom. The van der Waals surface area contributed by atoms with Crippen molar-refractivity contribution in [2.45, 2.75) is 37.3 Å². The molecule has 1 amide bonds. The third kappa shape index (κ3) is 1.92. The van der Waals surface area contributed by atoms with Gasteiger partial charge in [0.15, 0.2) is 0 Å². The highest BCUT2D eigenvalue weighted by atomic mass is 32.2. The van der Waals surface area contributed by atoms with E-state index in [1.54, 1.807) is 0 Å². The van der Waals surface area contributed by atoms with E-state index in [2.05, 4.69) is 56.0 Å². The molecule has 2 heterocycles. The number of aryl methyl sites for hydroxylation is 2. The van der Waals surface area contributed by atoms with E-state index < -0.39 is 0 Å². The van der Waals surface area contributed by atoms with Crippen molar-refractivity contribution in [3.8, 4) is 0 Å². The van der Waals surface area contributed by atoms with Crippen molar-refractivity contribution < 1.29 is 4.79 Å². The first kappa shape index (κ1) is 14.8. The topological polar surface area (TPSA) is 20.3 Å². The Bertz CT molecular complexity index is 800. The van der Waals surface area contributed by atoms with Crippen LogP contribution in [-0.4, -0.2) is 22.6 Å². The second-order valence-electron chi connectivity index (χ2n) is 6.57. The number of nitrogens with zero attached hydrogens (tertiary/aromatic N) is 1. The quantitative estimate of drug-likeness (QED) is 0.812. The van der Waals surface area contributed by atoms with Gasteiger partial charge in [-0.1, -0.05) is 48.9 Å². The number of thioether (sulfide) groups is 1. The Labute approximate surface area is 141 Å². The van der Waals surface area contributed by atoms with Crippen LogP contribution in [0.25, 0.3) is 0 Å². The van der Waals surface area contributed by atoms with Crippen molar-refractivity contribution in [2.24, 2.45) is 0 Å². The highest BCUT2D eigenvalue weighted by molar-refractivity contribution is 8.01. The largest absolute Gasteiger partial charge is 0.315 e. The van der Waals surface area contributed by atoms with Gasteiger partial charge < -0.3 is 4.90 Å². The fourth-order valence-electron chi connectivity index (χ4n) is 3.89. The predicted octanol–water partition coefficient (Wildman–Crippen LogP) is 4.49. The van der Waals surface area contributed by atoms with E-state index in [1.165, 1.54) is 22.3 Å². The average molecular weight is 323 g/mol. The molecule has 2 aromatic carbocycles. The molecule has 0 aromatic heterocycles. The normalized spacial score (nSPS) is 25.6. The van der Waals surface area contributed by atoms with Crippen molar-refractivity contribution in [3.63, 3.8) is 0 Å². The van der Waals surface area contributed by atoms with Gasteiger partial charge in [0.2, 0.25) is 0 Å². The highest BCUT2D eigenvalue weighted by Gasteiger charge is 2.57. The summed E-state index contributed by atoms with van der Waals surface area (Å²) in [5.41, 5.74) is 5.82. The first-order valence-corrected chi connectivity index (χ1v) is 9.13. The third-order valence-electron chi connectivity index (χ3n) is 5.08. The summed E-state index contributed by atoms with van der Waals surface area (Å²) in [4.78, 5) is 14.8. The minimum atomic E-state index is -0.343. The van der Waals surface area contributed by atoms with Crippen LogP contribution in [0.3, 0.4) is 0 Å². The summed E-state index contributed by atoms with van der Waals surface area (Å²) in [7, 11) is 0. The van der Waals surface area contributed by atoms with E-state index >= 15 is 0 Å². The molecule has 2 aliphatic heterocycles. The summed E-state index contributed by atoms with van der Waals surface area (Å²) < 4.78 is 0. The zero-order valence-electron chi connectivity index (χ0n) is 13.8. The Balaban J connectivity index is 2.02. The Morgan fingerprint density at radius 3 is 2.74 bits per heavy atom. The van der Waals surface area contributed by atoms with Crippen LogP contribution < -0.4 is 0 Å². The van der Waals surface area contributed by atoms with E-state index in [0.717, 1.165) is 18.5 Å². The molecule has 2 aromatic rings. The summed E-state index contributed by atoms with van der Waals surface area (Å²) >= 11 is 1.96. The van der Waals surface area contributed by atoms with Gasteiger partial charge in [-0.05, 0) is 37.5 Å². The lowest BCUT2D eigenvalue weighted by atomic mass is 9.92. The molecule has 23 heavy (non-hydrogen) atoms. The number of hydrogen-bond acceptors (Lipinski definition) is 2. The molecule has 2 unspecified atom stereocenters. The third-order valence-corrected chi connectivity index (χ3v) is 6.90. The summed E-state index contributed by atoms with van der Waals surface area (Å²) in [6, 6.07) is 14.7. The molecule has 1 fully saturated rings. The fraction of sp³-hybridized carbons (Fsp3) is 0.350. The van der Waals surface area contributed by atoms with E-state index in [-0.39, 0.29) is 10.8 Å². The van der Waals surface area contributed by atoms with Crippen LogP contribution in [-0.2, 0) is 4.87 Å². The molecular weight excluding hydrogens is 302 g/mol. The van der Waals surface area contributed by atoms with Gasteiger partial charge >= 0.3 is 0 Å². The second kappa shape index (κ2) is 5.13. The van der Waals surface area contributed by atoms with E-state index in [9.17, 15) is 4.79 Å². The lowest BCUT2D eigenvalue weighted by Gasteiger charge is -2.34. The molecule has 0 aliphatic carbocycles. The minimum Gasteiger partial charge on any atom is -0.315 e. The summed E-state index contributed by atoms with van der Waals surface area (Å²) in [6.45, 7) is 7.34. The zero-order valence-corrected chi connectivity index (χ0v) is 14.6. The highest BCUT2D eigenvalue weighted by Crippen LogP contribution is 2.58. The monoisotopic (exact) mass is 323 g/mol. The van der Waals surface area contributed by atoms with Gasteiger partial charge in [-0.2, -0.15) is 0 Å². The van der Waals surface area contributed by atoms with E-state index in [1.807, 2.05) is 23.9 Å². The van der Waals surface area contributed by atoms with Crippen molar-refractivity contribution >= 4 is 17.7 Å². The molecule has 0 saturated carbocycles. The molecule has 2 nitrogen and oxygen atoms in total. The van der Waals surface area contributed by atoms with Gasteiger partial charge in [0.25, 0.3) is 5.91 Å². The van der Waals surface area contributed by atoms with Crippen molar-refractivity contribution in [2.75, 3.05) is 6.54 Å². The van der Waals surface area contributed by atoms with Gasteiger partial charge in [0.1, 0.15) is 4.87 Å². The molecule has 0 spiro atoms. The Morgan fingerprint density at radius 1 is 1.17 bits per heavy atom. The fourth-order valence-corrected chi connectivity index (χ4v) is 5.70. The minimum absolute atomic E-state index is 0.185. The van der Waals surface area contributed by atoms with Gasteiger partial charge in [0, 0.05) is 22.9 Å². The Kier molecular flexibility index (Phi) is 3.31. The first-order valence-electron chi connectivity index (χ1n) is 8.25. The maximum atomic E-state index is 13.0. The van der Waals surface area contributed by atoms with Crippen LogP contribution in [0.5, 0.6) is 0 Å². The van der Waals surface area contributed by atoms with Crippen LogP contribution in [0.1, 0.15) is 46.0 Å². The average Bonchev–Trinajstić information content (AvgIpc) is 3.06. The summed E-state index contributed by atoms with van der Waals surface area (Å²) in [5, 5.41) is 0.493. The molecule has 4 rings (SSSR count). The maximum Gasteiger partial charge on any atom is 0.255 e. The van der Waals surface area contributed by atoms with Crippen molar-refractivity contribution in [3.05, 3.63) is 70.3 Å². The molecule has 1 saturated heterocycles. The van der Waals surface area contributed by atoms with E-state index in [0.29, 0.717) is 5.25 Å². The summed E-state index contributed by atoms with van der Waals surface area (Å²) in [6.07, 6.45) is 1.09.